The number of halogens is 1. The van der Waals surface area contributed by atoms with Crippen LogP contribution in [0.25, 0.3) is 0 Å². The quantitative estimate of drug-likeness (QED) is 0.810. The third-order valence-electron chi connectivity index (χ3n) is 4.66. The molecule has 0 aromatic carbocycles. The number of pyridine rings is 1. The lowest BCUT2D eigenvalue weighted by Crippen LogP contribution is -2.39. The molecule has 2 aliphatic rings. The molecule has 23 heavy (non-hydrogen) atoms. The van der Waals surface area contributed by atoms with E-state index in [-0.39, 0.29) is 36.6 Å². The highest BCUT2D eigenvalue weighted by Gasteiger charge is 2.29. The Morgan fingerprint density at radius 1 is 1.30 bits per heavy atom. The summed E-state index contributed by atoms with van der Waals surface area (Å²) in [5.74, 6) is -1.09. The number of imide groups is 1. The van der Waals surface area contributed by atoms with Crippen molar-refractivity contribution in [2.24, 2.45) is 5.92 Å². The molecular weight excluding hydrogens is 301 g/mol. The highest BCUT2D eigenvalue weighted by atomic mass is 19.1. The van der Waals surface area contributed by atoms with Crippen LogP contribution >= 0.6 is 0 Å². The van der Waals surface area contributed by atoms with Crippen molar-refractivity contribution < 1.29 is 19.1 Å². The van der Waals surface area contributed by atoms with Crippen molar-refractivity contribution in [2.75, 3.05) is 24.6 Å². The van der Waals surface area contributed by atoms with E-state index in [0.29, 0.717) is 25.1 Å². The van der Waals surface area contributed by atoms with Crippen molar-refractivity contribution in [1.29, 1.82) is 0 Å². The third kappa shape index (κ3) is 3.34. The van der Waals surface area contributed by atoms with E-state index in [1.54, 1.807) is 0 Å². The molecule has 2 N–H and O–H groups in total. The number of aliphatic hydroxyl groups is 1. The van der Waals surface area contributed by atoms with E-state index < -0.39 is 11.7 Å². The molecule has 1 atom stereocenters. The van der Waals surface area contributed by atoms with Crippen molar-refractivity contribution >= 4 is 17.6 Å². The predicted molar refractivity (Wildman–Crippen MR) is 81.3 cm³/mol. The molecule has 6 nitrogen and oxygen atoms in total. The summed E-state index contributed by atoms with van der Waals surface area (Å²) in [5.41, 5.74) is 0.501. The Labute approximate surface area is 133 Å². The number of hydrogen-bond acceptors (Lipinski definition) is 5. The summed E-state index contributed by atoms with van der Waals surface area (Å²) in [6, 6.07) is 1.35. The van der Waals surface area contributed by atoms with Crippen LogP contribution in [0.2, 0.25) is 0 Å². The van der Waals surface area contributed by atoms with Gasteiger partial charge >= 0.3 is 0 Å². The van der Waals surface area contributed by atoms with Crippen LogP contribution in [-0.2, 0) is 9.59 Å². The number of carbonyl (C=O) groups is 2. The Balaban J connectivity index is 1.73. The molecule has 0 radical (unpaired) electrons. The third-order valence-corrected chi connectivity index (χ3v) is 4.66. The van der Waals surface area contributed by atoms with E-state index in [1.807, 2.05) is 4.90 Å². The molecule has 3 rings (SSSR count). The van der Waals surface area contributed by atoms with Gasteiger partial charge in [-0.3, -0.25) is 14.9 Å². The van der Waals surface area contributed by atoms with Gasteiger partial charge in [-0.05, 0) is 36.8 Å². The maximum atomic E-state index is 14.4. The molecule has 2 aliphatic heterocycles. The average Bonchev–Trinajstić information content (AvgIpc) is 2.55. The number of anilines is 1. The first-order chi connectivity index (χ1) is 11.1. The van der Waals surface area contributed by atoms with E-state index in [4.69, 9.17) is 5.11 Å². The Bertz CT molecular complexity index is 615. The number of nitrogens with one attached hydrogen (secondary N) is 1. The van der Waals surface area contributed by atoms with E-state index in [9.17, 15) is 14.0 Å². The van der Waals surface area contributed by atoms with Gasteiger partial charge in [-0.25, -0.2) is 9.37 Å². The van der Waals surface area contributed by atoms with Gasteiger partial charge in [-0.1, -0.05) is 0 Å². The number of hydrogen-bond donors (Lipinski definition) is 2. The maximum Gasteiger partial charge on any atom is 0.234 e. The molecular formula is C16H20FN3O3. The number of aromatic nitrogens is 1. The van der Waals surface area contributed by atoms with Crippen LogP contribution in [0.4, 0.5) is 10.2 Å². The van der Waals surface area contributed by atoms with Crippen LogP contribution in [0.15, 0.2) is 12.3 Å². The second kappa shape index (κ2) is 6.62. The second-order valence-corrected chi connectivity index (χ2v) is 6.19. The highest BCUT2D eigenvalue weighted by molar-refractivity contribution is 6.00. The van der Waals surface area contributed by atoms with Gasteiger partial charge in [0.25, 0.3) is 0 Å². The summed E-state index contributed by atoms with van der Waals surface area (Å²) >= 11 is 0. The number of nitrogens with zero attached hydrogens (tertiary/aromatic N) is 2. The fraction of sp³-hybridized carbons (Fsp3) is 0.562. The highest BCUT2D eigenvalue weighted by Crippen LogP contribution is 2.29. The van der Waals surface area contributed by atoms with Crippen LogP contribution in [0.3, 0.4) is 0 Å². The molecule has 2 saturated heterocycles. The van der Waals surface area contributed by atoms with Gasteiger partial charge < -0.3 is 10.0 Å². The minimum Gasteiger partial charge on any atom is -0.396 e. The van der Waals surface area contributed by atoms with Gasteiger partial charge in [0.05, 0.1) is 5.92 Å². The number of amides is 2. The molecule has 0 saturated carbocycles. The molecule has 124 valence electrons. The van der Waals surface area contributed by atoms with Gasteiger partial charge in [0, 0.05) is 32.3 Å². The monoisotopic (exact) mass is 321 g/mol. The summed E-state index contributed by atoms with van der Waals surface area (Å²) in [6.07, 6.45) is 3.79. The summed E-state index contributed by atoms with van der Waals surface area (Å²) in [4.78, 5) is 29.1. The van der Waals surface area contributed by atoms with E-state index in [2.05, 4.69) is 10.3 Å². The Hall–Kier alpha value is -2.02. The first-order valence-corrected chi connectivity index (χ1v) is 7.93. The van der Waals surface area contributed by atoms with Crippen molar-refractivity contribution in [3.8, 4) is 0 Å². The molecule has 1 aromatic rings. The fourth-order valence-electron chi connectivity index (χ4n) is 3.21. The van der Waals surface area contributed by atoms with E-state index >= 15 is 0 Å². The summed E-state index contributed by atoms with van der Waals surface area (Å²) in [7, 11) is 0. The molecule has 0 aliphatic carbocycles. The zero-order valence-corrected chi connectivity index (χ0v) is 12.8. The largest absolute Gasteiger partial charge is 0.396 e. The first kappa shape index (κ1) is 15.9. The lowest BCUT2D eigenvalue weighted by atomic mass is 9.91. The fourth-order valence-corrected chi connectivity index (χ4v) is 3.21. The Morgan fingerprint density at radius 3 is 2.65 bits per heavy atom. The maximum absolute atomic E-state index is 14.4. The minimum absolute atomic E-state index is 0.165. The molecule has 2 fully saturated rings. The molecule has 0 bridgehead atoms. The molecule has 0 spiro atoms. The van der Waals surface area contributed by atoms with Crippen LogP contribution < -0.4 is 10.2 Å². The molecule has 1 aromatic heterocycles. The van der Waals surface area contributed by atoms with E-state index in [0.717, 1.165) is 12.8 Å². The standard InChI is InChI=1S/C16H20FN3O3/c17-13-7-11(12-1-2-14(22)19-16(12)23)8-18-15(13)20-5-3-10(9-21)4-6-20/h7-8,10,12,21H,1-6,9H2,(H,19,22,23). The summed E-state index contributed by atoms with van der Waals surface area (Å²) < 4.78 is 14.4. The summed E-state index contributed by atoms with van der Waals surface area (Å²) in [5, 5.41) is 11.4. The number of aliphatic hydroxyl groups excluding tert-OH is 1. The van der Waals surface area contributed by atoms with Crippen molar-refractivity contribution in [1.82, 2.24) is 10.3 Å². The molecule has 2 amide bonds. The topological polar surface area (TPSA) is 82.5 Å². The molecule has 7 heteroatoms. The lowest BCUT2D eigenvalue weighted by molar-refractivity contribution is -0.134. The predicted octanol–water partition coefficient (Wildman–Crippen LogP) is 0.950. The second-order valence-electron chi connectivity index (χ2n) is 6.19. The van der Waals surface area contributed by atoms with Crippen molar-refractivity contribution in [3.05, 3.63) is 23.6 Å². The lowest BCUT2D eigenvalue weighted by Gasteiger charge is -2.32. The normalized spacial score (nSPS) is 23.0. The molecule has 3 heterocycles. The van der Waals surface area contributed by atoms with Crippen LogP contribution in [0, 0.1) is 11.7 Å². The smallest absolute Gasteiger partial charge is 0.234 e. The van der Waals surface area contributed by atoms with Gasteiger partial charge in [0.15, 0.2) is 11.6 Å². The summed E-state index contributed by atoms with van der Waals surface area (Å²) in [6.45, 7) is 1.48. The van der Waals surface area contributed by atoms with Crippen LogP contribution in [-0.4, -0.2) is 41.6 Å². The van der Waals surface area contributed by atoms with Crippen LogP contribution in [0.5, 0.6) is 0 Å². The number of rotatable bonds is 3. The average molecular weight is 321 g/mol. The Morgan fingerprint density at radius 2 is 2.04 bits per heavy atom. The van der Waals surface area contributed by atoms with Crippen LogP contribution in [0.1, 0.15) is 37.2 Å². The Kier molecular flexibility index (Phi) is 4.56. The van der Waals surface area contributed by atoms with Crippen molar-refractivity contribution in [3.63, 3.8) is 0 Å². The molecule has 1 unspecified atom stereocenters. The van der Waals surface area contributed by atoms with Gasteiger partial charge in [-0.2, -0.15) is 0 Å². The first-order valence-electron chi connectivity index (χ1n) is 7.93. The zero-order valence-electron chi connectivity index (χ0n) is 12.8. The number of piperidine rings is 2. The zero-order chi connectivity index (χ0) is 16.4. The SMILES string of the molecule is O=C1CCC(c2cnc(N3CCC(CO)CC3)c(F)c2)C(=O)N1. The van der Waals surface area contributed by atoms with Gasteiger partial charge in [0.2, 0.25) is 11.8 Å². The van der Waals surface area contributed by atoms with Gasteiger partial charge in [-0.15, -0.1) is 0 Å². The van der Waals surface area contributed by atoms with E-state index in [1.165, 1.54) is 12.3 Å². The van der Waals surface area contributed by atoms with Crippen molar-refractivity contribution in [2.45, 2.75) is 31.6 Å². The number of carbonyl (C=O) groups excluding carboxylic acids is 2. The minimum atomic E-state index is -0.524. The van der Waals surface area contributed by atoms with Gasteiger partial charge in [0.1, 0.15) is 0 Å².